The number of rotatable bonds is 15. The number of carbonyl (C=O) groups excluding carboxylic acids is 5. The van der Waals surface area contributed by atoms with E-state index in [9.17, 15) is 33.9 Å². The molecule has 0 spiro atoms. The lowest BCUT2D eigenvalue weighted by Crippen LogP contribution is -2.60. The van der Waals surface area contributed by atoms with Crippen LogP contribution in [0.5, 0.6) is 0 Å². The van der Waals surface area contributed by atoms with Crippen molar-refractivity contribution in [3.05, 3.63) is 36.0 Å². The number of nitrogens with one attached hydrogen (secondary N) is 4. The summed E-state index contributed by atoms with van der Waals surface area (Å²) in [4.78, 5) is 82.4. The minimum atomic E-state index is -1.74. The van der Waals surface area contributed by atoms with E-state index in [0.717, 1.165) is 16.5 Å². The number of benzene rings is 1. The van der Waals surface area contributed by atoms with Crippen molar-refractivity contribution in [3.63, 3.8) is 0 Å². The van der Waals surface area contributed by atoms with Crippen molar-refractivity contribution >= 4 is 46.5 Å². The molecule has 1 unspecified atom stereocenters. The highest BCUT2D eigenvalue weighted by Crippen LogP contribution is 2.21. The Morgan fingerprint density at radius 2 is 1.74 bits per heavy atom. The number of carboxylic acids is 1. The number of hydrogen-bond acceptors (Lipinski definition) is 8. The van der Waals surface area contributed by atoms with Crippen molar-refractivity contribution in [2.45, 2.75) is 90.5 Å². The van der Waals surface area contributed by atoms with Crippen molar-refractivity contribution in [2.24, 2.45) is 17.6 Å². The summed E-state index contributed by atoms with van der Waals surface area (Å²) >= 11 is 0. The Kier molecular flexibility index (Phi) is 12.7. The molecule has 1 fully saturated rings. The Morgan fingerprint density at radius 1 is 1.04 bits per heavy atom. The largest absolute Gasteiger partial charge is 0.480 e. The van der Waals surface area contributed by atoms with Gasteiger partial charge in [-0.25, -0.2) is 9.59 Å². The molecule has 1 aliphatic heterocycles. The molecule has 252 valence electrons. The molecular formula is C32H46N6O8. The van der Waals surface area contributed by atoms with E-state index in [1.807, 2.05) is 38.1 Å². The van der Waals surface area contributed by atoms with Crippen LogP contribution < -0.4 is 21.7 Å². The maximum Gasteiger partial charge on any atom is 0.338 e. The van der Waals surface area contributed by atoms with Gasteiger partial charge in [-0.15, -0.1) is 0 Å². The van der Waals surface area contributed by atoms with Crippen LogP contribution >= 0.6 is 0 Å². The first-order valence-corrected chi connectivity index (χ1v) is 15.7. The number of esters is 1. The molecule has 5 atom stereocenters. The molecule has 3 rings (SSSR count). The highest BCUT2D eigenvalue weighted by molar-refractivity contribution is 6.07. The number of para-hydroxylation sites is 1. The van der Waals surface area contributed by atoms with Gasteiger partial charge >= 0.3 is 11.9 Å². The fourth-order valence-electron chi connectivity index (χ4n) is 5.53. The fraction of sp³-hybridized carbons (Fsp3) is 0.562. The molecule has 0 radical (unpaired) electrons. The SMILES string of the molecule is CCOC(=O)C(NC(=O)[C@H](N)Cc1c[nH]c2ccccc12)C(=O)N1CCC[C@H]1C(=O)N[C@@H](C(=O)N[C@@H](CC(C)C)C(=O)O)C(C)C. The van der Waals surface area contributed by atoms with Crippen LogP contribution in [-0.4, -0.2) is 93.9 Å². The molecule has 1 aromatic heterocycles. The molecule has 2 aromatic rings. The Morgan fingerprint density at radius 3 is 2.37 bits per heavy atom. The van der Waals surface area contributed by atoms with E-state index < -0.39 is 71.7 Å². The van der Waals surface area contributed by atoms with Crippen LogP contribution in [0.1, 0.15) is 59.4 Å². The molecule has 14 heteroatoms. The van der Waals surface area contributed by atoms with Crippen LogP contribution in [0.25, 0.3) is 10.9 Å². The van der Waals surface area contributed by atoms with Crippen LogP contribution in [0.15, 0.2) is 30.5 Å². The maximum atomic E-state index is 13.7. The van der Waals surface area contributed by atoms with Gasteiger partial charge in [-0.2, -0.15) is 0 Å². The van der Waals surface area contributed by atoms with Gasteiger partial charge < -0.3 is 41.4 Å². The summed E-state index contributed by atoms with van der Waals surface area (Å²) in [5, 5.41) is 18.1. The summed E-state index contributed by atoms with van der Waals surface area (Å²) in [7, 11) is 0. The molecule has 0 aliphatic carbocycles. The van der Waals surface area contributed by atoms with Crippen LogP contribution in [0.2, 0.25) is 0 Å². The first kappa shape index (κ1) is 36.0. The average Bonchev–Trinajstić information content (AvgIpc) is 3.65. The summed E-state index contributed by atoms with van der Waals surface area (Å²) in [6, 6.07) is 1.41. The summed E-state index contributed by atoms with van der Waals surface area (Å²) in [6.07, 6.45) is 2.76. The first-order chi connectivity index (χ1) is 21.7. The number of aromatic nitrogens is 1. The predicted molar refractivity (Wildman–Crippen MR) is 169 cm³/mol. The summed E-state index contributed by atoms with van der Waals surface area (Å²) in [6.45, 7) is 8.70. The lowest BCUT2D eigenvalue weighted by atomic mass is 10.00. The normalized spacial score (nSPS) is 17.3. The van der Waals surface area contributed by atoms with E-state index in [4.69, 9.17) is 10.5 Å². The van der Waals surface area contributed by atoms with Gasteiger partial charge in [0.15, 0.2) is 0 Å². The second kappa shape index (κ2) is 16.2. The average molecular weight is 643 g/mol. The van der Waals surface area contributed by atoms with Gasteiger partial charge in [-0.3, -0.25) is 19.2 Å². The number of aromatic amines is 1. The lowest BCUT2D eigenvalue weighted by molar-refractivity contribution is -0.155. The van der Waals surface area contributed by atoms with Crippen molar-refractivity contribution in [2.75, 3.05) is 13.2 Å². The Labute approximate surface area is 268 Å². The Balaban J connectivity index is 1.73. The number of nitrogens with zero attached hydrogens (tertiary/aromatic N) is 1. The van der Waals surface area contributed by atoms with Crippen LogP contribution in [0.4, 0.5) is 0 Å². The van der Waals surface area contributed by atoms with E-state index in [-0.39, 0.29) is 38.3 Å². The van der Waals surface area contributed by atoms with Gasteiger partial charge in [0.2, 0.25) is 23.8 Å². The van der Waals surface area contributed by atoms with E-state index in [1.54, 1.807) is 27.0 Å². The second-order valence-corrected chi connectivity index (χ2v) is 12.3. The topological polar surface area (TPSA) is 213 Å². The molecule has 14 nitrogen and oxygen atoms in total. The van der Waals surface area contributed by atoms with E-state index >= 15 is 0 Å². The zero-order valence-corrected chi connectivity index (χ0v) is 27.0. The molecular weight excluding hydrogens is 596 g/mol. The second-order valence-electron chi connectivity index (χ2n) is 12.3. The molecule has 0 bridgehead atoms. The quantitative estimate of drug-likeness (QED) is 0.120. The Hall–Kier alpha value is -4.46. The van der Waals surface area contributed by atoms with Crippen LogP contribution in [0.3, 0.4) is 0 Å². The van der Waals surface area contributed by atoms with Crippen LogP contribution in [-0.2, 0) is 39.9 Å². The number of carbonyl (C=O) groups is 6. The molecule has 2 heterocycles. The van der Waals surface area contributed by atoms with Gasteiger partial charge in [0.05, 0.1) is 12.6 Å². The highest BCUT2D eigenvalue weighted by Gasteiger charge is 2.42. The zero-order valence-electron chi connectivity index (χ0n) is 27.0. The molecule has 1 aromatic carbocycles. The number of likely N-dealkylation sites (tertiary alicyclic amines) is 1. The molecule has 0 saturated carbocycles. The summed E-state index contributed by atoms with van der Waals surface area (Å²) < 4.78 is 5.09. The monoisotopic (exact) mass is 642 g/mol. The van der Waals surface area contributed by atoms with E-state index in [2.05, 4.69) is 20.9 Å². The number of fused-ring (bicyclic) bond motifs is 1. The van der Waals surface area contributed by atoms with Gasteiger partial charge in [0, 0.05) is 23.6 Å². The number of amides is 4. The minimum Gasteiger partial charge on any atom is -0.480 e. The molecule has 4 amide bonds. The van der Waals surface area contributed by atoms with Crippen molar-refractivity contribution in [1.29, 1.82) is 0 Å². The third kappa shape index (κ3) is 9.05. The maximum absolute atomic E-state index is 13.7. The third-order valence-corrected chi connectivity index (χ3v) is 7.91. The zero-order chi connectivity index (χ0) is 34.1. The number of hydrogen-bond donors (Lipinski definition) is 6. The summed E-state index contributed by atoms with van der Waals surface area (Å²) in [5.74, 6) is -5.46. The highest BCUT2D eigenvalue weighted by atomic mass is 16.5. The molecule has 7 N–H and O–H groups in total. The Bertz CT molecular complexity index is 1420. The van der Waals surface area contributed by atoms with Crippen molar-refractivity contribution in [1.82, 2.24) is 25.8 Å². The number of nitrogens with two attached hydrogens (primary N) is 1. The number of ether oxygens (including phenoxy) is 1. The van der Waals surface area contributed by atoms with Crippen molar-refractivity contribution < 1.29 is 38.6 Å². The van der Waals surface area contributed by atoms with Crippen molar-refractivity contribution in [3.8, 4) is 0 Å². The fourth-order valence-corrected chi connectivity index (χ4v) is 5.53. The number of aliphatic carboxylic acids is 1. The van der Waals surface area contributed by atoms with Crippen LogP contribution in [0, 0.1) is 11.8 Å². The van der Waals surface area contributed by atoms with Gasteiger partial charge in [0.1, 0.15) is 18.1 Å². The van der Waals surface area contributed by atoms with Gasteiger partial charge in [-0.05, 0) is 56.1 Å². The number of H-pyrrole nitrogens is 1. The standard InChI is InChI=1S/C32H46N6O8/c1-6-46-32(45)26(37-27(39)21(33)15-19-16-34-22-11-8-7-10-20(19)22)30(42)38-13-9-12-24(38)28(40)36-25(18(4)5)29(41)35-23(31(43)44)14-17(2)3/h7-8,10-11,16-18,21,23-26,34H,6,9,12-15,33H2,1-5H3,(H,35,41)(H,36,40)(H,37,39)(H,43,44)/t21-,23+,24+,25-,26?/m1/s1. The van der Waals surface area contributed by atoms with E-state index in [1.165, 1.54) is 4.90 Å². The summed E-state index contributed by atoms with van der Waals surface area (Å²) in [5.41, 5.74) is 7.86. The molecule has 46 heavy (non-hydrogen) atoms. The lowest BCUT2D eigenvalue weighted by Gasteiger charge is -2.30. The smallest absolute Gasteiger partial charge is 0.338 e. The predicted octanol–water partition coefficient (Wildman–Crippen LogP) is 0.833. The van der Waals surface area contributed by atoms with Gasteiger partial charge in [-0.1, -0.05) is 45.9 Å². The molecule has 1 saturated heterocycles. The molecule has 1 aliphatic rings. The van der Waals surface area contributed by atoms with Gasteiger partial charge in [0.25, 0.3) is 5.91 Å². The minimum absolute atomic E-state index is 0.00228. The third-order valence-electron chi connectivity index (χ3n) is 7.91. The van der Waals surface area contributed by atoms with E-state index in [0.29, 0.717) is 6.42 Å². The number of carboxylic acid groups (broad SMARTS) is 1. The first-order valence-electron chi connectivity index (χ1n) is 15.7.